The maximum absolute atomic E-state index is 12.1. The van der Waals surface area contributed by atoms with Crippen LogP contribution in [0.15, 0.2) is 59.2 Å². The molecule has 0 N–H and O–H groups in total. The zero-order chi connectivity index (χ0) is 16.7. The Morgan fingerprint density at radius 2 is 1.79 bits per heavy atom. The lowest BCUT2D eigenvalue weighted by Crippen LogP contribution is -2.04. The fraction of sp³-hybridized carbons (Fsp3) is 0. The van der Waals surface area contributed by atoms with Gasteiger partial charge >= 0.3 is 5.97 Å². The molecule has 1 aliphatic rings. The highest BCUT2D eigenvalue weighted by Gasteiger charge is 2.28. The first kappa shape index (κ1) is 15.4. The summed E-state index contributed by atoms with van der Waals surface area (Å²) in [6.07, 6.45) is 1.61. The van der Waals surface area contributed by atoms with Crippen LogP contribution in [0.4, 0.5) is 0 Å². The Kier molecular flexibility index (Phi) is 3.88. The molecule has 24 heavy (non-hydrogen) atoms. The Morgan fingerprint density at radius 3 is 2.58 bits per heavy atom. The lowest BCUT2D eigenvalue weighted by atomic mass is 10.2. The van der Waals surface area contributed by atoms with Gasteiger partial charge in [-0.3, -0.25) is 0 Å². The summed E-state index contributed by atoms with van der Waals surface area (Å²) in [5.74, 6) is -0.289. The fourth-order valence-corrected chi connectivity index (χ4v) is 4.03. The van der Waals surface area contributed by atoms with Gasteiger partial charge in [0.2, 0.25) is 5.90 Å². The predicted octanol–water partition coefficient (Wildman–Crippen LogP) is 5.55. The Balaban J connectivity index is 1.78. The quantitative estimate of drug-likeness (QED) is 0.436. The first-order chi connectivity index (χ1) is 11.6. The van der Waals surface area contributed by atoms with Crippen LogP contribution in [0.2, 0.25) is 10.0 Å². The van der Waals surface area contributed by atoms with Gasteiger partial charge in [0.15, 0.2) is 5.70 Å². The van der Waals surface area contributed by atoms with Crippen molar-refractivity contribution in [2.24, 2.45) is 4.99 Å². The second kappa shape index (κ2) is 6.06. The molecular formula is C18H9Cl2NO2S. The number of nitrogens with zero attached hydrogens (tertiary/aromatic N) is 1. The summed E-state index contributed by atoms with van der Waals surface area (Å²) in [6.45, 7) is 0. The minimum Gasteiger partial charge on any atom is -0.401 e. The van der Waals surface area contributed by atoms with Crippen molar-refractivity contribution < 1.29 is 9.53 Å². The fourth-order valence-electron chi connectivity index (χ4n) is 2.40. The van der Waals surface area contributed by atoms with Gasteiger partial charge in [-0.2, -0.15) is 0 Å². The van der Waals surface area contributed by atoms with E-state index in [0.29, 0.717) is 20.5 Å². The van der Waals surface area contributed by atoms with E-state index in [4.69, 9.17) is 27.9 Å². The molecule has 0 amide bonds. The summed E-state index contributed by atoms with van der Waals surface area (Å²) >= 11 is 14.0. The lowest BCUT2D eigenvalue weighted by molar-refractivity contribution is -0.129. The standard InChI is InChI=1S/C18H9Cl2NO2S/c19-12-7-3-1-5-10(12)9-13-18(22)23-17(21-13)16-15(20)11-6-2-4-8-14(11)24-16/h1-9H/b13-9+. The molecule has 0 radical (unpaired) electrons. The number of fused-ring (bicyclic) bond motifs is 1. The maximum Gasteiger partial charge on any atom is 0.363 e. The number of carbonyl (C=O) groups is 1. The summed E-state index contributed by atoms with van der Waals surface area (Å²) in [4.78, 5) is 17.1. The van der Waals surface area contributed by atoms with Crippen LogP contribution in [0.5, 0.6) is 0 Å². The monoisotopic (exact) mass is 373 g/mol. The van der Waals surface area contributed by atoms with Crippen molar-refractivity contribution in [2.45, 2.75) is 0 Å². The van der Waals surface area contributed by atoms with Crippen LogP contribution in [0.1, 0.15) is 10.4 Å². The summed E-state index contributed by atoms with van der Waals surface area (Å²) in [7, 11) is 0. The Labute approximate surface area is 151 Å². The van der Waals surface area contributed by atoms with E-state index in [2.05, 4.69) is 4.99 Å². The van der Waals surface area contributed by atoms with Crippen LogP contribution in [0, 0.1) is 0 Å². The number of ether oxygens (including phenoxy) is 1. The van der Waals surface area contributed by atoms with Crippen molar-refractivity contribution in [3.63, 3.8) is 0 Å². The number of esters is 1. The number of rotatable bonds is 2. The van der Waals surface area contributed by atoms with Gasteiger partial charge < -0.3 is 4.74 Å². The summed E-state index contributed by atoms with van der Waals surface area (Å²) in [6, 6.07) is 15.0. The third kappa shape index (κ3) is 2.63. The highest BCUT2D eigenvalue weighted by Crippen LogP contribution is 2.37. The van der Waals surface area contributed by atoms with Gasteiger partial charge in [0.1, 0.15) is 4.88 Å². The molecule has 3 nitrogen and oxygen atoms in total. The topological polar surface area (TPSA) is 38.7 Å². The number of thiophene rings is 1. The van der Waals surface area contributed by atoms with Crippen LogP contribution < -0.4 is 0 Å². The van der Waals surface area contributed by atoms with Crippen molar-refractivity contribution in [1.82, 2.24) is 0 Å². The van der Waals surface area contributed by atoms with E-state index < -0.39 is 5.97 Å². The van der Waals surface area contributed by atoms with Crippen LogP contribution in [-0.2, 0) is 9.53 Å². The van der Waals surface area contributed by atoms with Crippen molar-refractivity contribution >= 4 is 62.6 Å². The lowest BCUT2D eigenvalue weighted by Gasteiger charge is -1.96. The molecular weight excluding hydrogens is 365 g/mol. The smallest absolute Gasteiger partial charge is 0.363 e. The summed E-state index contributed by atoms with van der Waals surface area (Å²) in [5, 5.41) is 2.00. The van der Waals surface area contributed by atoms with Gasteiger partial charge in [-0.05, 0) is 23.8 Å². The second-order valence-electron chi connectivity index (χ2n) is 5.10. The van der Waals surface area contributed by atoms with Crippen LogP contribution in [-0.4, -0.2) is 11.9 Å². The predicted molar refractivity (Wildman–Crippen MR) is 98.9 cm³/mol. The Bertz CT molecular complexity index is 1040. The van der Waals surface area contributed by atoms with Gasteiger partial charge in [-0.25, -0.2) is 9.79 Å². The molecule has 0 bridgehead atoms. The average molecular weight is 374 g/mol. The molecule has 6 heteroatoms. The Morgan fingerprint density at radius 1 is 1.04 bits per heavy atom. The van der Waals surface area contributed by atoms with Crippen LogP contribution in [0.3, 0.4) is 0 Å². The van der Waals surface area contributed by atoms with Gasteiger partial charge in [0.25, 0.3) is 0 Å². The van der Waals surface area contributed by atoms with E-state index in [1.54, 1.807) is 12.1 Å². The molecule has 0 atom stereocenters. The van der Waals surface area contributed by atoms with E-state index in [1.165, 1.54) is 11.3 Å². The maximum atomic E-state index is 12.1. The van der Waals surface area contributed by atoms with E-state index >= 15 is 0 Å². The number of halogens is 2. The molecule has 0 spiro atoms. The third-order valence-corrected chi connectivity index (χ3v) is 5.55. The molecule has 4 rings (SSSR count). The molecule has 2 aromatic carbocycles. The van der Waals surface area contributed by atoms with E-state index in [1.807, 2.05) is 42.5 Å². The van der Waals surface area contributed by atoms with Crippen molar-refractivity contribution in [3.8, 4) is 0 Å². The molecule has 1 aromatic heterocycles. The number of benzene rings is 2. The molecule has 0 aliphatic carbocycles. The zero-order valence-electron chi connectivity index (χ0n) is 12.1. The molecule has 3 aromatic rings. The molecule has 0 saturated heterocycles. The van der Waals surface area contributed by atoms with Crippen molar-refractivity contribution in [2.75, 3.05) is 0 Å². The highest BCUT2D eigenvalue weighted by atomic mass is 35.5. The van der Waals surface area contributed by atoms with E-state index in [0.717, 1.165) is 10.1 Å². The molecule has 0 fully saturated rings. The normalized spacial score (nSPS) is 15.8. The van der Waals surface area contributed by atoms with Gasteiger partial charge in [0, 0.05) is 15.1 Å². The number of hydrogen-bond donors (Lipinski definition) is 0. The largest absolute Gasteiger partial charge is 0.401 e. The minimum absolute atomic E-state index is 0.201. The van der Waals surface area contributed by atoms with Gasteiger partial charge in [0.05, 0.1) is 5.02 Å². The molecule has 0 saturated carbocycles. The van der Waals surface area contributed by atoms with Crippen LogP contribution >= 0.6 is 34.5 Å². The second-order valence-corrected chi connectivity index (χ2v) is 6.94. The summed E-state index contributed by atoms with van der Waals surface area (Å²) in [5.41, 5.74) is 0.908. The summed E-state index contributed by atoms with van der Waals surface area (Å²) < 4.78 is 6.32. The zero-order valence-corrected chi connectivity index (χ0v) is 14.5. The molecule has 118 valence electrons. The number of hydrogen-bond acceptors (Lipinski definition) is 4. The first-order valence-electron chi connectivity index (χ1n) is 7.08. The van der Waals surface area contributed by atoms with Crippen LogP contribution in [0.25, 0.3) is 16.2 Å². The minimum atomic E-state index is -0.515. The number of carbonyl (C=O) groups excluding carboxylic acids is 1. The van der Waals surface area contributed by atoms with Crippen molar-refractivity contribution in [1.29, 1.82) is 0 Å². The number of cyclic esters (lactones) is 1. The SMILES string of the molecule is O=C1OC(c2sc3ccccc3c2Cl)=N/C1=C/c1ccccc1Cl. The molecule has 2 heterocycles. The van der Waals surface area contributed by atoms with Gasteiger partial charge in [-0.15, -0.1) is 11.3 Å². The average Bonchev–Trinajstić information content (AvgIpc) is 3.11. The highest BCUT2D eigenvalue weighted by molar-refractivity contribution is 7.21. The number of aliphatic imine (C=N–C) groups is 1. The first-order valence-corrected chi connectivity index (χ1v) is 8.65. The van der Waals surface area contributed by atoms with E-state index in [-0.39, 0.29) is 11.6 Å². The van der Waals surface area contributed by atoms with Crippen molar-refractivity contribution in [3.05, 3.63) is 74.7 Å². The van der Waals surface area contributed by atoms with Gasteiger partial charge in [-0.1, -0.05) is 59.6 Å². The molecule has 0 unspecified atom stereocenters. The molecule has 1 aliphatic heterocycles. The third-order valence-electron chi connectivity index (χ3n) is 3.55. The van der Waals surface area contributed by atoms with E-state index in [9.17, 15) is 4.79 Å². The Hall–Kier alpha value is -2.14.